The quantitative estimate of drug-likeness (QED) is 0.336. The molecule has 0 aromatic carbocycles. The highest BCUT2D eigenvalue weighted by atomic mass is 28.3. The Bertz CT molecular complexity index is 152. The lowest BCUT2D eigenvalue weighted by Crippen LogP contribution is -2.26. The minimum Gasteiger partial charge on any atom is -0.382 e. The summed E-state index contributed by atoms with van der Waals surface area (Å²) in [6.07, 6.45) is 6.90. The Balaban J connectivity index is 3.45. The molecular weight excluding hydrogens is 188 g/mol. The Morgan fingerprint density at radius 1 is 1.21 bits per heavy atom. The highest BCUT2D eigenvalue weighted by Gasteiger charge is 2.17. The predicted molar refractivity (Wildman–Crippen MR) is 67.6 cm³/mol. The molecule has 0 fully saturated rings. The number of ether oxygens (including phenoxy) is 1. The van der Waals surface area contributed by atoms with Gasteiger partial charge in [0.05, 0.1) is 8.07 Å². The van der Waals surface area contributed by atoms with Gasteiger partial charge in [-0.3, -0.25) is 0 Å². The molecule has 2 heteroatoms. The molecule has 0 radical (unpaired) electrons. The van der Waals surface area contributed by atoms with Crippen LogP contribution in [0.25, 0.3) is 0 Å². The van der Waals surface area contributed by atoms with E-state index in [1.807, 2.05) is 0 Å². The fraction of sp³-hybridized carbons (Fsp3) is 0.833. The molecule has 0 spiro atoms. The van der Waals surface area contributed by atoms with Crippen molar-refractivity contribution < 1.29 is 4.74 Å². The zero-order valence-electron chi connectivity index (χ0n) is 10.3. The van der Waals surface area contributed by atoms with Crippen LogP contribution in [0.5, 0.6) is 0 Å². The first-order chi connectivity index (χ1) is 6.62. The molecule has 0 aromatic heterocycles. The Hall–Kier alpha value is -0.0831. The van der Waals surface area contributed by atoms with Crippen molar-refractivity contribution in [3.05, 3.63) is 12.2 Å². The van der Waals surface area contributed by atoms with Gasteiger partial charge in [-0.2, -0.15) is 0 Å². The molecule has 0 unspecified atom stereocenters. The normalized spacial score (nSPS) is 12.6. The second-order valence-corrected chi connectivity index (χ2v) is 9.89. The van der Waals surface area contributed by atoms with Crippen molar-refractivity contribution in [3.63, 3.8) is 0 Å². The van der Waals surface area contributed by atoms with Crippen molar-refractivity contribution in [1.29, 1.82) is 0 Å². The summed E-state index contributed by atoms with van der Waals surface area (Å²) >= 11 is 0. The molecule has 0 amide bonds. The smallest absolute Gasteiger partial charge is 0.0534 e. The van der Waals surface area contributed by atoms with E-state index in [0.29, 0.717) is 0 Å². The predicted octanol–water partition coefficient (Wildman–Crippen LogP) is 4.09. The number of hydrogen-bond acceptors (Lipinski definition) is 1. The third-order valence-electron chi connectivity index (χ3n) is 2.47. The van der Waals surface area contributed by atoms with Crippen LogP contribution in [-0.2, 0) is 4.74 Å². The molecule has 1 nitrogen and oxygen atoms in total. The van der Waals surface area contributed by atoms with Gasteiger partial charge in [0.1, 0.15) is 0 Å². The maximum atomic E-state index is 5.60. The van der Waals surface area contributed by atoms with Crippen LogP contribution in [0.15, 0.2) is 12.2 Å². The van der Waals surface area contributed by atoms with Crippen molar-refractivity contribution in [2.75, 3.05) is 13.2 Å². The largest absolute Gasteiger partial charge is 0.382 e. The molecule has 0 heterocycles. The van der Waals surface area contributed by atoms with Crippen LogP contribution in [0.4, 0.5) is 0 Å². The summed E-state index contributed by atoms with van der Waals surface area (Å²) < 4.78 is 5.60. The molecule has 0 aliphatic heterocycles. The summed E-state index contributed by atoms with van der Waals surface area (Å²) in [5.41, 5.74) is 0. The van der Waals surface area contributed by atoms with Gasteiger partial charge >= 0.3 is 0 Å². The van der Waals surface area contributed by atoms with Crippen molar-refractivity contribution in [2.45, 2.75) is 51.9 Å². The van der Waals surface area contributed by atoms with Gasteiger partial charge in [-0.25, -0.2) is 0 Å². The molecule has 0 atom stereocenters. The van der Waals surface area contributed by atoms with Crippen molar-refractivity contribution in [3.8, 4) is 0 Å². The minimum absolute atomic E-state index is 0.949. The average molecular weight is 214 g/mol. The first kappa shape index (κ1) is 13.9. The fourth-order valence-electron chi connectivity index (χ4n) is 1.24. The Morgan fingerprint density at radius 2 is 1.93 bits per heavy atom. The highest BCUT2D eigenvalue weighted by molar-refractivity contribution is 6.77. The Kier molecular flexibility index (Phi) is 8.19. The van der Waals surface area contributed by atoms with Crippen LogP contribution >= 0.6 is 0 Å². The van der Waals surface area contributed by atoms with Crippen LogP contribution in [0, 0.1) is 0 Å². The minimum atomic E-state index is -0.996. The van der Waals surface area contributed by atoms with Gasteiger partial charge in [0, 0.05) is 13.2 Å². The lowest BCUT2D eigenvalue weighted by atomic mass is 10.4. The highest BCUT2D eigenvalue weighted by Crippen LogP contribution is 2.15. The third kappa shape index (κ3) is 8.51. The topological polar surface area (TPSA) is 9.23 Å². The molecule has 0 saturated carbocycles. The van der Waals surface area contributed by atoms with Crippen LogP contribution < -0.4 is 0 Å². The van der Waals surface area contributed by atoms with E-state index in [4.69, 9.17) is 4.74 Å². The standard InChI is InChI=1S/C12H26OSi/c1-5-7-9-13-10-12-14(3,4)11-8-6-2/h6,8H,5,7,9-12H2,1-4H3/b8-6-. The number of rotatable bonds is 8. The second kappa shape index (κ2) is 8.24. The number of hydrogen-bond donors (Lipinski definition) is 0. The summed E-state index contributed by atoms with van der Waals surface area (Å²) in [5, 5.41) is 0. The van der Waals surface area contributed by atoms with E-state index in [0.717, 1.165) is 13.2 Å². The molecular formula is C12H26OSi. The Labute approximate surface area is 90.6 Å². The molecule has 0 aliphatic carbocycles. The van der Waals surface area contributed by atoms with Crippen molar-refractivity contribution in [1.82, 2.24) is 0 Å². The zero-order valence-corrected chi connectivity index (χ0v) is 11.3. The van der Waals surface area contributed by atoms with Crippen LogP contribution in [0.3, 0.4) is 0 Å². The van der Waals surface area contributed by atoms with Gasteiger partial charge in [0.25, 0.3) is 0 Å². The summed E-state index contributed by atoms with van der Waals surface area (Å²) in [6, 6.07) is 2.59. The maximum absolute atomic E-state index is 5.60. The molecule has 0 rings (SSSR count). The van der Waals surface area contributed by atoms with E-state index in [1.165, 1.54) is 24.9 Å². The summed E-state index contributed by atoms with van der Waals surface area (Å²) in [7, 11) is -0.996. The van der Waals surface area contributed by atoms with E-state index in [1.54, 1.807) is 0 Å². The first-order valence-corrected chi connectivity index (χ1v) is 9.22. The van der Waals surface area contributed by atoms with Gasteiger partial charge in [-0.15, -0.1) is 0 Å². The van der Waals surface area contributed by atoms with Gasteiger partial charge in [-0.1, -0.05) is 38.6 Å². The van der Waals surface area contributed by atoms with E-state index in [9.17, 15) is 0 Å². The Morgan fingerprint density at radius 3 is 2.50 bits per heavy atom. The molecule has 14 heavy (non-hydrogen) atoms. The van der Waals surface area contributed by atoms with E-state index in [2.05, 4.69) is 39.1 Å². The van der Waals surface area contributed by atoms with Crippen molar-refractivity contribution in [2.24, 2.45) is 0 Å². The second-order valence-electron chi connectivity index (χ2n) is 4.65. The zero-order chi connectivity index (χ0) is 10.9. The number of allylic oxidation sites excluding steroid dienone is 2. The maximum Gasteiger partial charge on any atom is 0.0534 e. The summed E-state index contributed by atoms with van der Waals surface area (Å²) in [4.78, 5) is 0. The van der Waals surface area contributed by atoms with E-state index < -0.39 is 8.07 Å². The van der Waals surface area contributed by atoms with E-state index >= 15 is 0 Å². The van der Waals surface area contributed by atoms with Crippen LogP contribution in [0.1, 0.15) is 26.7 Å². The summed E-state index contributed by atoms with van der Waals surface area (Å²) in [5.74, 6) is 0. The van der Waals surface area contributed by atoms with Gasteiger partial charge in [0.2, 0.25) is 0 Å². The molecule has 0 aliphatic rings. The lowest BCUT2D eigenvalue weighted by Gasteiger charge is -2.20. The fourth-order valence-corrected chi connectivity index (χ4v) is 3.01. The van der Waals surface area contributed by atoms with Crippen LogP contribution in [-0.4, -0.2) is 21.3 Å². The monoisotopic (exact) mass is 214 g/mol. The molecule has 0 bridgehead atoms. The molecule has 0 saturated heterocycles. The SMILES string of the molecule is C/C=C\C[Si](C)(C)CCOCCCC. The molecule has 0 aromatic rings. The van der Waals surface area contributed by atoms with Gasteiger partial charge in [0.15, 0.2) is 0 Å². The first-order valence-electron chi connectivity index (χ1n) is 5.81. The van der Waals surface area contributed by atoms with Gasteiger partial charge in [-0.05, 0) is 25.4 Å². The van der Waals surface area contributed by atoms with E-state index in [-0.39, 0.29) is 0 Å². The lowest BCUT2D eigenvalue weighted by molar-refractivity contribution is 0.143. The third-order valence-corrected chi connectivity index (χ3v) is 5.37. The van der Waals surface area contributed by atoms with Crippen LogP contribution in [0.2, 0.25) is 25.2 Å². The summed E-state index contributed by atoms with van der Waals surface area (Å²) in [6.45, 7) is 11.1. The molecule has 0 N–H and O–H groups in total. The number of unbranched alkanes of at least 4 members (excludes halogenated alkanes) is 1. The van der Waals surface area contributed by atoms with Gasteiger partial charge < -0.3 is 4.74 Å². The molecule has 84 valence electrons. The average Bonchev–Trinajstić information content (AvgIpc) is 2.15. The van der Waals surface area contributed by atoms with Crippen molar-refractivity contribution >= 4 is 8.07 Å².